The molecule has 4 heteroatoms. The van der Waals surface area contributed by atoms with Crippen molar-refractivity contribution in [2.75, 3.05) is 0 Å². The predicted molar refractivity (Wildman–Crippen MR) is 71.9 cm³/mol. The Morgan fingerprint density at radius 1 is 1.33 bits per heavy atom. The van der Waals surface area contributed by atoms with E-state index in [2.05, 4.69) is 22.6 Å². The van der Waals surface area contributed by atoms with E-state index in [-0.39, 0.29) is 5.78 Å². The molecule has 0 saturated heterocycles. The molecule has 2 rings (SSSR count). The summed E-state index contributed by atoms with van der Waals surface area (Å²) in [4.78, 5) is 12.7. The molecular formula is C11H6ClIOS. The molecule has 0 aliphatic carbocycles. The van der Waals surface area contributed by atoms with Crippen molar-refractivity contribution in [3.05, 3.63) is 54.7 Å². The molecule has 2 aromatic rings. The van der Waals surface area contributed by atoms with E-state index in [0.717, 1.165) is 8.45 Å². The van der Waals surface area contributed by atoms with Gasteiger partial charge >= 0.3 is 0 Å². The highest BCUT2D eigenvalue weighted by atomic mass is 127. The molecule has 76 valence electrons. The van der Waals surface area contributed by atoms with Gasteiger partial charge in [0, 0.05) is 9.13 Å². The van der Waals surface area contributed by atoms with E-state index in [1.165, 1.54) is 11.3 Å². The summed E-state index contributed by atoms with van der Waals surface area (Å²) in [6.45, 7) is 0. The summed E-state index contributed by atoms with van der Waals surface area (Å²) in [7, 11) is 0. The zero-order valence-electron chi connectivity index (χ0n) is 7.54. The molecule has 0 bridgehead atoms. The minimum absolute atomic E-state index is 0.00600. The molecule has 1 heterocycles. The summed E-state index contributed by atoms with van der Waals surface area (Å²) in [6.07, 6.45) is 0. The highest BCUT2D eigenvalue weighted by Gasteiger charge is 2.13. The lowest BCUT2D eigenvalue weighted by Crippen LogP contribution is -1.99. The first kappa shape index (κ1) is 11.1. The van der Waals surface area contributed by atoms with Crippen LogP contribution in [-0.2, 0) is 0 Å². The van der Waals surface area contributed by atoms with Gasteiger partial charge in [0.05, 0.1) is 9.90 Å². The van der Waals surface area contributed by atoms with Crippen LogP contribution in [0.2, 0.25) is 5.02 Å². The summed E-state index contributed by atoms with van der Waals surface area (Å²) in [5.74, 6) is -0.00600. The van der Waals surface area contributed by atoms with E-state index < -0.39 is 0 Å². The highest BCUT2D eigenvalue weighted by Crippen LogP contribution is 2.23. The number of ketones is 1. The number of benzene rings is 1. The number of hydrogen-bond donors (Lipinski definition) is 0. The summed E-state index contributed by atoms with van der Waals surface area (Å²) in [5, 5.41) is 2.39. The molecule has 0 aliphatic heterocycles. The number of carbonyl (C=O) groups is 1. The Bertz CT molecular complexity index is 493. The SMILES string of the molecule is O=C(c1cccs1)c1cc(I)ccc1Cl. The maximum absolute atomic E-state index is 12.0. The molecule has 0 aliphatic rings. The van der Waals surface area contributed by atoms with Gasteiger partial charge in [0.15, 0.2) is 0 Å². The number of thiophene rings is 1. The summed E-state index contributed by atoms with van der Waals surface area (Å²) in [6, 6.07) is 9.12. The van der Waals surface area contributed by atoms with Crippen molar-refractivity contribution in [1.82, 2.24) is 0 Å². The van der Waals surface area contributed by atoms with Crippen molar-refractivity contribution >= 4 is 51.3 Å². The van der Waals surface area contributed by atoms with Crippen molar-refractivity contribution in [2.24, 2.45) is 0 Å². The maximum atomic E-state index is 12.0. The van der Waals surface area contributed by atoms with Crippen LogP contribution in [-0.4, -0.2) is 5.78 Å². The molecule has 0 unspecified atom stereocenters. The molecule has 0 N–H and O–H groups in total. The number of rotatable bonds is 2. The fourth-order valence-corrected chi connectivity index (χ4v) is 2.58. The molecule has 1 aromatic carbocycles. The van der Waals surface area contributed by atoms with Crippen LogP contribution in [0.4, 0.5) is 0 Å². The summed E-state index contributed by atoms with van der Waals surface area (Å²) >= 11 is 9.58. The van der Waals surface area contributed by atoms with Gasteiger partial charge in [-0.2, -0.15) is 0 Å². The number of halogens is 2. The van der Waals surface area contributed by atoms with Crippen LogP contribution in [0.25, 0.3) is 0 Å². The normalized spacial score (nSPS) is 10.3. The molecule has 0 amide bonds. The zero-order valence-corrected chi connectivity index (χ0v) is 11.3. The van der Waals surface area contributed by atoms with Crippen LogP contribution in [0.5, 0.6) is 0 Å². The predicted octanol–water partition coefficient (Wildman–Crippen LogP) is 4.24. The molecule has 0 atom stereocenters. The van der Waals surface area contributed by atoms with Gasteiger partial charge in [-0.25, -0.2) is 0 Å². The third-order valence-corrected chi connectivity index (χ3v) is 3.79. The Balaban J connectivity index is 2.46. The van der Waals surface area contributed by atoms with E-state index in [1.54, 1.807) is 6.07 Å². The Kier molecular flexibility index (Phi) is 3.43. The van der Waals surface area contributed by atoms with Gasteiger partial charge in [0.25, 0.3) is 0 Å². The maximum Gasteiger partial charge on any atom is 0.204 e. The average Bonchev–Trinajstić information content (AvgIpc) is 2.74. The second-order valence-electron chi connectivity index (χ2n) is 2.93. The van der Waals surface area contributed by atoms with Gasteiger partial charge in [-0.3, -0.25) is 4.79 Å². The molecule has 0 spiro atoms. The lowest BCUT2D eigenvalue weighted by molar-refractivity contribution is 0.104. The van der Waals surface area contributed by atoms with Crippen LogP contribution in [0.3, 0.4) is 0 Å². The van der Waals surface area contributed by atoms with Crippen molar-refractivity contribution in [2.45, 2.75) is 0 Å². The van der Waals surface area contributed by atoms with Gasteiger partial charge in [-0.1, -0.05) is 17.7 Å². The number of carbonyl (C=O) groups excluding carboxylic acids is 1. The third kappa shape index (κ3) is 2.41. The largest absolute Gasteiger partial charge is 0.288 e. The minimum atomic E-state index is -0.00600. The van der Waals surface area contributed by atoms with Gasteiger partial charge in [0.1, 0.15) is 0 Å². The van der Waals surface area contributed by atoms with Crippen LogP contribution in [0.1, 0.15) is 15.2 Å². The molecule has 0 fully saturated rings. The molecule has 0 radical (unpaired) electrons. The molecule has 15 heavy (non-hydrogen) atoms. The third-order valence-electron chi connectivity index (χ3n) is 1.92. The fourth-order valence-electron chi connectivity index (χ4n) is 1.21. The van der Waals surface area contributed by atoms with Crippen molar-refractivity contribution in [1.29, 1.82) is 0 Å². The standard InChI is InChI=1S/C11H6ClIOS/c12-9-4-3-7(13)6-8(9)11(14)10-2-1-5-15-10/h1-6H. The first-order valence-corrected chi connectivity index (χ1v) is 6.55. The van der Waals surface area contributed by atoms with Gasteiger partial charge in [-0.15, -0.1) is 11.3 Å². The first-order chi connectivity index (χ1) is 7.18. The van der Waals surface area contributed by atoms with Gasteiger partial charge < -0.3 is 0 Å². The Labute approximate surface area is 110 Å². The second-order valence-corrected chi connectivity index (χ2v) is 5.53. The Hall–Kier alpha value is -0.390. The van der Waals surface area contributed by atoms with Crippen LogP contribution < -0.4 is 0 Å². The molecule has 1 aromatic heterocycles. The minimum Gasteiger partial charge on any atom is -0.288 e. The van der Waals surface area contributed by atoms with Crippen molar-refractivity contribution in [3.63, 3.8) is 0 Å². The molecule has 1 nitrogen and oxygen atoms in total. The average molecular weight is 349 g/mol. The first-order valence-electron chi connectivity index (χ1n) is 4.22. The van der Waals surface area contributed by atoms with Crippen molar-refractivity contribution < 1.29 is 4.79 Å². The summed E-state index contributed by atoms with van der Waals surface area (Å²) < 4.78 is 1.01. The van der Waals surface area contributed by atoms with Crippen LogP contribution >= 0.6 is 45.5 Å². The Morgan fingerprint density at radius 3 is 2.80 bits per heavy atom. The Morgan fingerprint density at radius 2 is 2.13 bits per heavy atom. The summed E-state index contributed by atoms with van der Waals surface area (Å²) in [5.41, 5.74) is 0.575. The number of hydrogen-bond acceptors (Lipinski definition) is 2. The van der Waals surface area contributed by atoms with E-state index in [1.807, 2.05) is 29.6 Å². The monoisotopic (exact) mass is 348 g/mol. The van der Waals surface area contributed by atoms with Crippen molar-refractivity contribution in [3.8, 4) is 0 Å². The van der Waals surface area contributed by atoms with Gasteiger partial charge in [-0.05, 0) is 52.2 Å². The van der Waals surface area contributed by atoms with Gasteiger partial charge in [0.2, 0.25) is 5.78 Å². The molecular weight excluding hydrogens is 343 g/mol. The lowest BCUT2D eigenvalue weighted by atomic mass is 10.1. The van der Waals surface area contributed by atoms with E-state index in [0.29, 0.717) is 10.6 Å². The van der Waals surface area contributed by atoms with E-state index >= 15 is 0 Å². The fraction of sp³-hybridized carbons (Fsp3) is 0. The zero-order chi connectivity index (χ0) is 10.8. The second kappa shape index (κ2) is 4.63. The van der Waals surface area contributed by atoms with E-state index in [4.69, 9.17) is 11.6 Å². The van der Waals surface area contributed by atoms with Crippen LogP contribution in [0.15, 0.2) is 35.7 Å². The molecule has 0 saturated carbocycles. The lowest BCUT2D eigenvalue weighted by Gasteiger charge is -2.01. The van der Waals surface area contributed by atoms with E-state index in [9.17, 15) is 4.79 Å². The topological polar surface area (TPSA) is 17.1 Å². The van der Waals surface area contributed by atoms with Crippen LogP contribution in [0, 0.1) is 3.57 Å². The highest BCUT2D eigenvalue weighted by molar-refractivity contribution is 14.1. The smallest absolute Gasteiger partial charge is 0.204 e. The quantitative estimate of drug-likeness (QED) is 0.586.